The van der Waals surface area contributed by atoms with E-state index in [1.165, 1.54) is 4.68 Å². The molecule has 25 heavy (non-hydrogen) atoms. The van der Waals surface area contributed by atoms with E-state index in [2.05, 4.69) is 22.6 Å². The molecule has 0 aliphatic carbocycles. The quantitative estimate of drug-likeness (QED) is 0.734. The van der Waals surface area contributed by atoms with Crippen molar-refractivity contribution in [1.29, 1.82) is 0 Å². The number of amides is 1. The number of halogens is 1. The van der Waals surface area contributed by atoms with Crippen molar-refractivity contribution in [3.05, 3.63) is 70.4 Å². The van der Waals surface area contributed by atoms with Crippen molar-refractivity contribution in [2.75, 3.05) is 11.1 Å². The molecule has 0 atom stereocenters. The second-order valence-electron chi connectivity index (χ2n) is 5.58. The Bertz CT molecular complexity index is 906. The fraction of sp³-hybridized carbons (Fsp3) is 0.167. The molecule has 128 valence electrons. The summed E-state index contributed by atoms with van der Waals surface area (Å²) >= 11 is 6.15. The second-order valence-corrected chi connectivity index (χ2v) is 5.99. The molecule has 2 aromatic carbocycles. The van der Waals surface area contributed by atoms with Gasteiger partial charge >= 0.3 is 0 Å². The first-order valence-electron chi connectivity index (χ1n) is 7.91. The highest BCUT2D eigenvalue weighted by Crippen LogP contribution is 2.19. The zero-order chi connectivity index (χ0) is 17.8. The Morgan fingerprint density at radius 3 is 2.80 bits per heavy atom. The molecule has 3 aromatic rings. The average Bonchev–Trinajstić information content (AvgIpc) is 2.98. The van der Waals surface area contributed by atoms with E-state index in [0.717, 1.165) is 17.5 Å². The third kappa shape index (κ3) is 3.80. The number of anilines is 2. The van der Waals surface area contributed by atoms with Gasteiger partial charge in [-0.3, -0.25) is 4.79 Å². The van der Waals surface area contributed by atoms with Crippen LogP contribution in [0.2, 0.25) is 5.02 Å². The molecule has 0 saturated carbocycles. The molecule has 0 aliphatic heterocycles. The third-order valence-corrected chi connectivity index (χ3v) is 4.23. The molecule has 1 heterocycles. The number of nitrogens with one attached hydrogen (secondary N) is 1. The van der Waals surface area contributed by atoms with Crippen LogP contribution in [0.3, 0.4) is 0 Å². The fourth-order valence-electron chi connectivity index (χ4n) is 2.45. The van der Waals surface area contributed by atoms with Crippen molar-refractivity contribution in [3.63, 3.8) is 0 Å². The summed E-state index contributed by atoms with van der Waals surface area (Å²) < 4.78 is 1.46. The zero-order valence-electron chi connectivity index (χ0n) is 13.7. The van der Waals surface area contributed by atoms with Gasteiger partial charge in [0, 0.05) is 10.7 Å². The molecule has 1 amide bonds. The Balaban J connectivity index is 1.78. The van der Waals surface area contributed by atoms with E-state index in [4.69, 9.17) is 17.3 Å². The largest absolute Gasteiger partial charge is 0.382 e. The van der Waals surface area contributed by atoms with Crippen molar-refractivity contribution < 1.29 is 4.79 Å². The summed E-state index contributed by atoms with van der Waals surface area (Å²) in [6.45, 7) is 2.40. The Kier molecular flexibility index (Phi) is 5.00. The molecule has 0 aliphatic rings. The summed E-state index contributed by atoms with van der Waals surface area (Å²) in [6, 6.07) is 15.0. The van der Waals surface area contributed by atoms with Gasteiger partial charge in [-0.05, 0) is 35.7 Å². The number of hydrogen-bond acceptors (Lipinski definition) is 4. The van der Waals surface area contributed by atoms with Gasteiger partial charge in [0.2, 0.25) is 0 Å². The van der Waals surface area contributed by atoms with Gasteiger partial charge in [0.1, 0.15) is 0 Å². The van der Waals surface area contributed by atoms with Gasteiger partial charge in [0.25, 0.3) is 5.91 Å². The summed E-state index contributed by atoms with van der Waals surface area (Å²) in [4.78, 5) is 12.4. The number of hydrogen-bond donors (Lipinski definition) is 2. The van der Waals surface area contributed by atoms with Crippen molar-refractivity contribution in [1.82, 2.24) is 15.0 Å². The van der Waals surface area contributed by atoms with Crippen LogP contribution in [-0.4, -0.2) is 20.9 Å². The smallest absolute Gasteiger partial charge is 0.280 e. The maximum Gasteiger partial charge on any atom is 0.280 e. The molecule has 0 bridgehead atoms. The number of carbonyl (C=O) groups is 1. The number of aromatic nitrogens is 3. The van der Waals surface area contributed by atoms with Crippen LogP contribution in [0.25, 0.3) is 0 Å². The van der Waals surface area contributed by atoms with E-state index >= 15 is 0 Å². The van der Waals surface area contributed by atoms with Crippen molar-refractivity contribution in [2.45, 2.75) is 19.9 Å². The number of benzene rings is 2. The highest BCUT2D eigenvalue weighted by molar-refractivity contribution is 6.31. The van der Waals surface area contributed by atoms with Crippen LogP contribution in [-0.2, 0) is 13.0 Å². The number of carbonyl (C=O) groups excluding carboxylic acids is 1. The van der Waals surface area contributed by atoms with Gasteiger partial charge in [-0.2, -0.15) is 0 Å². The van der Waals surface area contributed by atoms with Crippen LogP contribution in [0.1, 0.15) is 28.5 Å². The van der Waals surface area contributed by atoms with Gasteiger partial charge < -0.3 is 11.1 Å². The molecule has 0 radical (unpaired) electrons. The molecule has 3 N–H and O–H groups in total. The van der Waals surface area contributed by atoms with Gasteiger partial charge in [0.15, 0.2) is 11.5 Å². The van der Waals surface area contributed by atoms with Crippen LogP contribution in [0.5, 0.6) is 0 Å². The number of nitrogens with two attached hydrogens (primary N) is 1. The highest BCUT2D eigenvalue weighted by Gasteiger charge is 2.18. The Morgan fingerprint density at radius 2 is 2.04 bits per heavy atom. The molecule has 6 nitrogen and oxygen atoms in total. The van der Waals surface area contributed by atoms with Crippen molar-refractivity contribution >= 4 is 29.0 Å². The van der Waals surface area contributed by atoms with Crippen LogP contribution >= 0.6 is 11.6 Å². The van der Waals surface area contributed by atoms with Crippen molar-refractivity contribution in [2.24, 2.45) is 0 Å². The normalized spacial score (nSPS) is 10.6. The molecule has 1 aromatic heterocycles. The average molecular weight is 356 g/mol. The number of nitrogen functional groups attached to an aromatic ring is 1. The summed E-state index contributed by atoms with van der Waals surface area (Å²) in [5.41, 5.74) is 8.82. The standard InChI is InChI=1S/C18H18ClN5O/c1-2-12-6-5-8-14(10-12)21-18(25)16-17(20)24(23-22-16)11-13-7-3-4-9-15(13)19/h3-10H,2,11,20H2,1H3,(H,21,25). The topological polar surface area (TPSA) is 85.8 Å². The van der Waals surface area contributed by atoms with E-state index < -0.39 is 5.91 Å². The zero-order valence-corrected chi connectivity index (χ0v) is 14.5. The monoisotopic (exact) mass is 355 g/mol. The van der Waals surface area contributed by atoms with E-state index in [0.29, 0.717) is 17.3 Å². The molecular formula is C18H18ClN5O. The van der Waals surface area contributed by atoms with Gasteiger partial charge in [-0.25, -0.2) is 4.68 Å². The van der Waals surface area contributed by atoms with Crippen LogP contribution in [0.4, 0.5) is 11.5 Å². The minimum Gasteiger partial charge on any atom is -0.382 e. The van der Waals surface area contributed by atoms with E-state index in [1.807, 2.05) is 42.5 Å². The molecule has 0 unspecified atom stereocenters. The Hall–Kier alpha value is -2.86. The number of aryl methyl sites for hydroxylation is 1. The molecule has 0 spiro atoms. The SMILES string of the molecule is CCc1cccc(NC(=O)c2nnn(Cc3ccccc3Cl)c2N)c1. The van der Waals surface area contributed by atoms with E-state index in [9.17, 15) is 4.79 Å². The van der Waals surface area contributed by atoms with Crippen molar-refractivity contribution in [3.8, 4) is 0 Å². The summed E-state index contributed by atoms with van der Waals surface area (Å²) in [5, 5.41) is 11.3. The van der Waals surface area contributed by atoms with E-state index in [1.54, 1.807) is 6.07 Å². The molecule has 0 fully saturated rings. The van der Waals surface area contributed by atoms with Gasteiger partial charge in [0.05, 0.1) is 6.54 Å². The van der Waals surface area contributed by atoms with Gasteiger partial charge in [-0.15, -0.1) is 5.10 Å². The number of nitrogens with zero attached hydrogens (tertiary/aromatic N) is 3. The first kappa shape index (κ1) is 17.0. The molecule has 3 rings (SSSR count). The second kappa shape index (κ2) is 7.36. The lowest BCUT2D eigenvalue weighted by Gasteiger charge is -2.07. The first-order valence-corrected chi connectivity index (χ1v) is 8.29. The lowest BCUT2D eigenvalue weighted by molar-refractivity contribution is 0.102. The predicted molar refractivity (Wildman–Crippen MR) is 98.8 cm³/mol. The lowest BCUT2D eigenvalue weighted by Crippen LogP contribution is -2.15. The fourth-order valence-corrected chi connectivity index (χ4v) is 2.64. The minimum absolute atomic E-state index is 0.0916. The Labute approximate surface area is 150 Å². The molecule has 0 saturated heterocycles. The summed E-state index contributed by atoms with van der Waals surface area (Å²) in [5.74, 6) is -0.194. The Morgan fingerprint density at radius 1 is 1.24 bits per heavy atom. The van der Waals surface area contributed by atoms with Crippen LogP contribution in [0.15, 0.2) is 48.5 Å². The predicted octanol–water partition coefficient (Wildman–Crippen LogP) is 3.38. The van der Waals surface area contributed by atoms with E-state index in [-0.39, 0.29) is 11.5 Å². The van der Waals surface area contributed by atoms with Crippen LogP contribution < -0.4 is 11.1 Å². The maximum absolute atomic E-state index is 12.4. The summed E-state index contributed by atoms with van der Waals surface area (Å²) in [7, 11) is 0. The van der Waals surface area contributed by atoms with Gasteiger partial charge in [-0.1, -0.05) is 54.1 Å². The van der Waals surface area contributed by atoms with Crippen LogP contribution in [0, 0.1) is 0 Å². The lowest BCUT2D eigenvalue weighted by atomic mass is 10.1. The summed E-state index contributed by atoms with van der Waals surface area (Å²) in [6.07, 6.45) is 0.889. The maximum atomic E-state index is 12.4. The highest BCUT2D eigenvalue weighted by atomic mass is 35.5. The molecule has 7 heteroatoms. The number of rotatable bonds is 5. The minimum atomic E-state index is -0.392. The third-order valence-electron chi connectivity index (χ3n) is 3.86. The molecular weight excluding hydrogens is 338 g/mol. The first-order chi connectivity index (χ1) is 12.1.